The molecule has 0 aliphatic carbocycles. The average Bonchev–Trinajstić information content (AvgIpc) is 2.83. The van der Waals surface area contributed by atoms with E-state index in [1.165, 1.54) is 0 Å². The van der Waals surface area contributed by atoms with Crippen LogP contribution in [0.15, 0.2) is 24.4 Å². The monoisotopic (exact) mass is 274 g/mol. The van der Waals surface area contributed by atoms with E-state index in [9.17, 15) is 0 Å². The van der Waals surface area contributed by atoms with Crippen LogP contribution in [0, 0.1) is 6.92 Å². The predicted octanol–water partition coefficient (Wildman–Crippen LogP) is 2.64. The van der Waals surface area contributed by atoms with Crippen molar-refractivity contribution in [1.82, 2.24) is 20.2 Å². The summed E-state index contributed by atoms with van der Waals surface area (Å²) in [4.78, 5) is 8.25. The second-order valence-corrected chi connectivity index (χ2v) is 4.51. The zero-order chi connectivity index (χ0) is 13.4. The van der Waals surface area contributed by atoms with Crippen LogP contribution in [-0.4, -0.2) is 20.2 Å². The fraction of sp³-hybridized carbons (Fsp3) is 0.0833. The first-order valence-electron chi connectivity index (χ1n) is 5.64. The number of nitrogens with zero attached hydrogens (tertiary/aromatic N) is 3. The van der Waals surface area contributed by atoms with Crippen LogP contribution >= 0.6 is 11.6 Å². The molecule has 0 amide bonds. The molecule has 0 fully saturated rings. The van der Waals surface area contributed by atoms with Crippen LogP contribution in [0.5, 0.6) is 0 Å². The maximum atomic E-state index is 6.09. The van der Waals surface area contributed by atoms with Gasteiger partial charge in [0.1, 0.15) is 5.82 Å². The lowest BCUT2D eigenvalue weighted by Crippen LogP contribution is -2.01. The molecule has 0 saturated carbocycles. The van der Waals surface area contributed by atoms with Crippen LogP contribution < -0.4 is 11.1 Å². The summed E-state index contributed by atoms with van der Waals surface area (Å²) < 4.78 is 0. The molecule has 7 heteroatoms. The Balaban J connectivity index is 2.10. The van der Waals surface area contributed by atoms with Crippen LogP contribution in [0.3, 0.4) is 0 Å². The molecular weight excluding hydrogens is 264 g/mol. The number of nitrogens with one attached hydrogen (secondary N) is 2. The quantitative estimate of drug-likeness (QED) is 0.668. The zero-order valence-electron chi connectivity index (χ0n) is 10.1. The van der Waals surface area contributed by atoms with Crippen molar-refractivity contribution in [3.05, 3.63) is 35.0 Å². The number of aromatic amines is 1. The maximum Gasteiger partial charge on any atom is 0.224 e. The molecule has 0 atom stereocenters. The van der Waals surface area contributed by atoms with Gasteiger partial charge in [-0.05, 0) is 24.6 Å². The number of aromatic nitrogens is 4. The number of hydrogen-bond acceptors (Lipinski definition) is 5. The molecule has 19 heavy (non-hydrogen) atoms. The molecule has 0 saturated heterocycles. The summed E-state index contributed by atoms with van der Waals surface area (Å²) in [7, 11) is 0. The number of nitrogen functional groups attached to an aromatic ring is 1. The smallest absolute Gasteiger partial charge is 0.224 e. The molecule has 3 rings (SSSR count). The SMILES string of the molecule is Cc1c(Cl)cccc1Nc1nc(N)nc2[nH]ncc12. The lowest BCUT2D eigenvalue weighted by atomic mass is 10.2. The summed E-state index contributed by atoms with van der Waals surface area (Å²) in [5.74, 6) is 0.778. The number of rotatable bonds is 2. The molecule has 2 aromatic heterocycles. The first kappa shape index (κ1) is 11.7. The Morgan fingerprint density at radius 3 is 3.00 bits per heavy atom. The second-order valence-electron chi connectivity index (χ2n) is 4.10. The second kappa shape index (κ2) is 4.40. The largest absolute Gasteiger partial charge is 0.368 e. The van der Waals surface area contributed by atoms with E-state index in [1.54, 1.807) is 6.20 Å². The minimum Gasteiger partial charge on any atom is -0.368 e. The molecule has 0 aliphatic heterocycles. The third-order valence-electron chi connectivity index (χ3n) is 2.85. The van der Waals surface area contributed by atoms with Crippen molar-refractivity contribution in [2.75, 3.05) is 11.1 Å². The van der Waals surface area contributed by atoms with Crippen molar-refractivity contribution in [1.29, 1.82) is 0 Å². The van der Waals surface area contributed by atoms with Gasteiger partial charge in [0.2, 0.25) is 5.95 Å². The number of anilines is 3. The van der Waals surface area contributed by atoms with Gasteiger partial charge in [-0.1, -0.05) is 17.7 Å². The van der Waals surface area contributed by atoms with E-state index in [0.717, 1.165) is 16.6 Å². The molecule has 3 aromatic rings. The Labute approximate surface area is 114 Å². The fourth-order valence-electron chi connectivity index (χ4n) is 1.82. The van der Waals surface area contributed by atoms with Gasteiger partial charge in [0.25, 0.3) is 0 Å². The van der Waals surface area contributed by atoms with E-state index in [2.05, 4.69) is 25.5 Å². The van der Waals surface area contributed by atoms with Crippen molar-refractivity contribution >= 4 is 40.1 Å². The number of hydrogen-bond donors (Lipinski definition) is 3. The first-order chi connectivity index (χ1) is 9.15. The first-order valence-corrected chi connectivity index (χ1v) is 6.01. The zero-order valence-corrected chi connectivity index (χ0v) is 10.9. The fourth-order valence-corrected chi connectivity index (χ4v) is 1.99. The van der Waals surface area contributed by atoms with Crippen molar-refractivity contribution in [3.63, 3.8) is 0 Å². The number of benzene rings is 1. The molecule has 0 unspecified atom stereocenters. The summed E-state index contributed by atoms with van der Waals surface area (Å²) in [6.45, 7) is 1.93. The van der Waals surface area contributed by atoms with E-state index in [0.29, 0.717) is 16.5 Å². The standard InChI is InChI=1S/C12H11ClN6/c1-6-8(13)3-2-4-9(6)16-10-7-5-15-19-11(7)18-12(14)17-10/h2-5H,1H3,(H4,14,15,16,17,18,19). The lowest BCUT2D eigenvalue weighted by Gasteiger charge is -2.10. The van der Waals surface area contributed by atoms with Crippen molar-refractivity contribution < 1.29 is 0 Å². The molecule has 0 aliphatic rings. The van der Waals surface area contributed by atoms with Crippen LogP contribution in [0.4, 0.5) is 17.5 Å². The minimum atomic E-state index is 0.180. The van der Waals surface area contributed by atoms with E-state index in [1.807, 2.05) is 25.1 Å². The van der Waals surface area contributed by atoms with Gasteiger partial charge < -0.3 is 11.1 Å². The molecule has 96 valence electrons. The van der Waals surface area contributed by atoms with Crippen LogP contribution in [0.1, 0.15) is 5.56 Å². The summed E-state index contributed by atoms with van der Waals surface area (Å²) in [5, 5.41) is 11.4. The predicted molar refractivity (Wildman–Crippen MR) is 75.6 cm³/mol. The van der Waals surface area contributed by atoms with Crippen molar-refractivity contribution in [2.24, 2.45) is 0 Å². The van der Waals surface area contributed by atoms with E-state index in [4.69, 9.17) is 17.3 Å². The van der Waals surface area contributed by atoms with Crippen molar-refractivity contribution in [3.8, 4) is 0 Å². The number of H-pyrrole nitrogens is 1. The van der Waals surface area contributed by atoms with Gasteiger partial charge in [0.05, 0.1) is 11.6 Å². The topological polar surface area (TPSA) is 92.5 Å². The number of halogens is 1. The third kappa shape index (κ3) is 2.06. The van der Waals surface area contributed by atoms with Crippen LogP contribution in [0.25, 0.3) is 11.0 Å². The Bertz CT molecular complexity index is 751. The molecule has 0 radical (unpaired) electrons. The van der Waals surface area contributed by atoms with Gasteiger partial charge in [0, 0.05) is 10.7 Å². The molecule has 0 spiro atoms. The highest BCUT2D eigenvalue weighted by molar-refractivity contribution is 6.31. The highest BCUT2D eigenvalue weighted by Crippen LogP contribution is 2.28. The van der Waals surface area contributed by atoms with Crippen LogP contribution in [0.2, 0.25) is 5.02 Å². The third-order valence-corrected chi connectivity index (χ3v) is 3.26. The van der Waals surface area contributed by atoms with Crippen molar-refractivity contribution in [2.45, 2.75) is 6.92 Å². The van der Waals surface area contributed by atoms with Gasteiger partial charge >= 0.3 is 0 Å². The highest BCUT2D eigenvalue weighted by Gasteiger charge is 2.10. The summed E-state index contributed by atoms with van der Waals surface area (Å²) in [6, 6.07) is 5.63. The molecule has 6 nitrogen and oxygen atoms in total. The Kier molecular flexibility index (Phi) is 2.72. The summed E-state index contributed by atoms with van der Waals surface area (Å²) >= 11 is 6.09. The van der Waals surface area contributed by atoms with E-state index in [-0.39, 0.29) is 5.95 Å². The molecule has 1 aromatic carbocycles. The Morgan fingerprint density at radius 1 is 1.32 bits per heavy atom. The molecule has 4 N–H and O–H groups in total. The van der Waals surface area contributed by atoms with Gasteiger partial charge in [-0.15, -0.1) is 0 Å². The van der Waals surface area contributed by atoms with E-state index >= 15 is 0 Å². The van der Waals surface area contributed by atoms with E-state index < -0.39 is 0 Å². The minimum absolute atomic E-state index is 0.180. The highest BCUT2D eigenvalue weighted by atomic mass is 35.5. The van der Waals surface area contributed by atoms with Gasteiger partial charge in [0.15, 0.2) is 5.65 Å². The Hall–Kier alpha value is -2.34. The number of nitrogens with two attached hydrogens (primary N) is 1. The van der Waals surface area contributed by atoms with Gasteiger partial charge in [-0.25, -0.2) is 0 Å². The lowest BCUT2D eigenvalue weighted by molar-refractivity contribution is 1.09. The molecular formula is C12H11ClN6. The summed E-state index contributed by atoms with van der Waals surface area (Å²) in [5.41, 5.74) is 8.07. The van der Waals surface area contributed by atoms with Gasteiger partial charge in [-0.2, -0.15) is 15.1 Å². The van der Waals surface area contributed by atoms with Crippen LogP contribution in [-0.2, 0) is 0 Å². The number of fused-ring (bicyclic) bond motifs is 1. The maximum absolute atomic E-state index is 6.09. The molecule has 2 heterocycles. The summed E-state index contributed by atoms with van der Waals surface area (Å²) in [6.07, 6.45) is 1.65. The van der Waals surface area contributed by atoms with Gasteiger partial charge in [-0.3, -0.25) is 5.10 Å². The average molecular weight is 275 g/mol. The Morgan fingerprint density at radius 2 is 2.16 bits per heavy atom. The molecule has 0 bridgehead atoms. The normalized spacial score (nSPS) is 10.8.